The number of aliphatic hydroxyl groups excluding tert-OH is 1. The fourth-order valence-electron chi connectivity index (χ4n) is 5.96. The van der Waals surface area contributed by atoms with E-state index in [4.69, 9.17) is 4.74 Å². The number of nitrogens with one attached hydrogen (secondary N) is 4. The fourth-order valence-corrected chi connectivity index (χ4v) is 5.96. The molecule has 1 saturated heterocycles. The highest BCUT2D eigenvalue weighted by atomic mass is 16.5. The number of hydrogen-bond donors (Lipinski definition) is 5. The van der Waals surface area contributed by atoms with Crippen LogP contribution in [0.5, 0.6) is 5.75 Å². The third-order valence-electron chi connectivity index (χ3n) is 8.38. The summed E-state index contributed by atoms with van der Waals surface area (Å²) in [6.07, 6.45) is 8.58. The van der Waals surface area contributed by atoms with Gasteiger partial charge in [0.25, 0.3) is 5.91 Å². The SMILES string of the molecule is CC(C)[C@H](NC(=O)C1=Cc2ccccc2OC1)C(=O)N[C@@H](CC1CCCCC1)C(=O)N[C@H](CO)C[C@@H]1CCNC1=O. The van der Waals surface area contributed by atoms with Gasteiger partial charge in [0.15, 0.2) is 0 Å². The lowest BCUT2D eigenvalue weighted by atomic mass is 9.84. The van der Waals surface area contributed by atoms with Crippen LogP contribution in [-0.2, 0) is 19.2 Å². The summed E-state index contributed by atoms with van der Waals surface area (Å²) in [5.74, 6) is -0.768. The van der Waals surface area contributed by atoms with Crippen LogP contribution in [0.3, 0.4) is 0 Å². The lowest BCUT2D eigenvalue weighted by Crippen LogP contribution is -2.57. The number of carbonyl (C=O) groups is 4. The zero-order chi connectivity index (χ0) is 29.4. The van der Waals surface area contributed by atoms with Crippen molar-refractivity contribution in [1.82, 2.24) is 21.3 Å². The first-order valence-corrected chi connectivity index (χ1v) is 15.0. The molecule has 4 atom stereocenters. The van der Waals surface area contributed by atoms with Gasteiger partial charge < -0.3 is 31.1 Å². The number of carbonyl (C=O) groups excluding carboxylic acids is 4. The van der Waals surface area contributed by atoms with Crippen molar-refractivity contribution in [2.24, 2.45) is 17.8 Å². The molecule has 5 N–H and O–H groups in total. The van der Waals surface area contributed by atoms with Crippen LogP contribution < -0.4 is 26.0 Å². The minimum absolute atomic E-state index is 0.0674. The molecule has 41 heavy (non-hydrogen) atoms. The predicted octanol–water partition coefficient (Wildman–Crippen LogP) is 2.06. The quantitative estimate of drug-likeness (QED) is 0.261. The molecule has 1 aromatic rings. The van der Waals surface area contributed by atoms with E-state index in [1.807, 2.05) is 38.1 Å². The maximum atomic E-state index is 13.6. The Morgan fingerprint density at radius 1 is 1.00 bits per heavy atom. The zero-order valence-corrected chi connectivity index (χ0v) is 24.1. The van der Waals surface area contributed by atoms with Gasteiger partial charge in [-0.25, -0.2) is 0 Å². The average Bonchev–Trinajstić information content (AvgIpc) is 3.38. The average molecular weight is 569 g/mol. The molecule has 1 saturated carbocycles. The second-order valence-corrected chi connectivity index (χ2v) is 11.9. The minimum atomic E-state index is -0.863. The first-order valence-electron chi connectivity index (χ1n) is 15.0. The van der Waals surface area contributed by atoms with Crippen LogP contribution in [0.2, 0.25) is 0 Å². The van der Waals surface area contributed by atoms with E-state index in [9.17, 15) is 24.3 Å². The van der Waals surface area contributed by atoms with Crippen molar-refractivity contribution < 1.29 is 29.0 Å². The van der Waals surface area contributed by atoms with E-state index in [0.29, 0.717) is 43.0 Å². The predicted molar refractivity (Wildman–Crippen MR) is 155 cm³/mol. The fraction of sp³-hybridized carbons (Fsp3) is 0.613. The van der Waals surface area contributed by atoms with Gasteiger partial charge in [-0.05, 0) is 43.2 Å². The number of fused-ring (bicyclic) bond motifs is 1. The summed E-state index contributed by atoms with van der Waals surface area (Å²) >= 11 is 0. The van der Waals surface area contributed by atoms with Crippen molar-refractivity contribution in [2.45, 2.75) is 83.3 Å². The molecule has 2 aliphatic heterocycles. The number of rotatable bonds is 12. The van der Waals surface area contributed by atoms with E-state index in [1.165, 1.54) is 6.42 Å². The zero-order valence-electron chi connectivity index (χ0n) is 24.1. The van der Waals surface area contributed by atoms with Gasteiger partial charge in [0.2, 0.25) is 17.7 Å². The van der Waals surface area contributed by atoms with Crippen LogP contribution >= 0.6 is 0 Å². The lowest BCUT2D eigenvalue weighted by molar-refractivity contribution is -0.133. The largest absolute Gasteiger partial charge is 0.488 e. The molecule has 224 valence electrons. The minimum Gasteiger partial charge on any atom is -0.488 e. The molecular formula is C31H44N4O6. The Morgan fingerprint density at radius 2 is 1.76 bits per heavy atom. The maximum Gasteiger partial charge on any atom is 0.251 e. The highest BCUT2D eigenvalue weighted by Gasteiger charge is 2.34. The first-order chi connectivity index (χ1) is 19.7. The Balaban J connectivity index is 1.43. The number of amides is 4. The topological polar surface area (TPSA) is 146 Å². The van der Waals surface area contributed by atoms with Gasteiger partial charge in [-0.2, -0.15) is 0 Å². The number of hydrogen-bond acceptors (Lipinski definition) is 6. The smallest absolute Gasteiger partial charge is 0.251 e. The summed E-state index contributed by atoms with van der Waals surface area (Å²) in [5, 5.41) is 21.4. The summed E-state index contributed by atoms with van der Waals surface area (Å²) in [4.78, 5) is 52.3. The highest BCUT2D eigenvalue weighted by molar-refractivity contribution is 6.02. The Kier molecular flexibility index (Phi) is 10.8. The molecule has 0 bridgehead atoms. The molecule has 3 aliphatic rings. The lowest BCUT2D eigenvalue weighted by Gasteiger charge is -2.30. The number of ether oxygens (including phenoxy) is 1. The second-order valence-electron chi connectivity index (χ2n) is 11.9. The van der Waals surface area contributed by atoms with Crippen molar-refractivity contribution in [3.63, 3.8) is 0 Å². The molecule has 4 amide bonds. The molecule has 1 aliphatic carbocycles. The van der Waals surface area contributed by atoms with E-state index in [2.05, 4.69) is 21.3 Å². The van der Waals surface area contributed by atoms with Crippen molar-refractivity contribution in [3.05, 3.63) is 35.4 Å². The summed E-state index contributed by atoms with van der Waals surface area (Å²) < 4.78 is 5.71. The van der Waals surface area contributed by atoms with E-state index >= 15 is 0 Å². The molecular weight excluding hydrogens is 524 g/mol. The molecule has 0 spiro atoms. The van der Waals surface area contributed by atoms with Crippen LogP contribution in [-0.4, -0.2) is 66.6 Å². The first kappa shape index (κ1) is 30.6. The van der Waals surface area contributed by atoms with Gasteiger partial charge in [-0.15, -0.1) is 0 Å². The van der Waals surface area contributed by atoms with Gasteiger partial charge in [0.1, 0.15) is 24.4 Å². The molecule has 2 heterocycles. The molecule has 0 unspecified atom stereocenters. The van der Waals surface area contributed by atoms with Crippen molar-refractivity contribution in [3.8, 4) is 5.75 Å². The number of aliphatic hydroxyl groups is 1. The van der Waals surface area contributed by atoms with Gasteiger partial charge >= 0.3 is 0 Å². The Morgan fingerprint density at radius 3 is 2.44 bits per heavy atom. The maximum absolute atomic E-state index is 13.6. The van der Waals surface area contributed by atoms with Crippen LogP contribution in [0.25, 0.3) is 6.08 Å². The Labute approximate surface area is 242 Å². The number of para-hydroxylation sites is 1. The number of benzene rings is 1. The second kappa shape index (κ2) is 14.5. The van der Waals surface area contributed by atoms with Crippen molar-refractivity contribution in [1.29, 1.82) is 0 Å². The third kappa shape index (κ3) is 8.31. The van der Waals surface area contributed by atoms with Crippen molar-refractivity contribution in [2.75, 3.05) is 19.8 Å². The normalized spacial score (nSPS) is 21.0. The van der Waals surface area contributed by atoms with Gasteiger partial charge in [-0.3, -0.25) is 19.2 Å². The highest BCUT2D eigenvalue weighted by Crippen LogP contribution is 2.28. The van der Waals surface area contributed by atoms with E-state index in [1.54, 1.807) is 6.08 Å². The van der Waals surface area contributed by atoms with Crippen molar-refractivity contribution >= 4 is 29.7 Å². The Bertz CT molecular complexity index is 1130. The van der Waals surface area contributed by atoms with E-state index in [0.717, 1.165) is 31.2 Å². The van der Waals surface area contributed by atoms with Crippen LogP contribution in [0.1, 0.15) is 70.8 Å². The molecule has 0 aromatic heterocycles. The Hall–Kier alpha value is -3.40. The van der Waals surface area contributed by atoms with Crippen LogP contribution in [0.4, 0.5) is 0 Å². The molecule has 1 aromatic carbocycles. The standard InChI is InChI=1S/C31H44N4O6/c1-19(2)27(35-29(38)23-15-21-10-6-7-11-26(21)41-18-23)31(40)34-25(14-20-8-4-3-5-9-20)30(39)33-24(17-36)16-22-12-13-32-28(22)37/h6-7,10-11,15,19-20,22,24-25,27,36H,3-5,8-9,12-14,16-18H2,1-2H3,(H,32,37)(H,33,39)(H,34,40)(H,35,38)/t22-,24-,25-,27-/m0/s1. The third-order valence-corrected chi connectivity index (χ3v) is 8.38. The molecule has 10 nitrogen and oxygen atoms in total. The summed E-state index contributed by atoms with van der Waals surface area (Å²) in [5.41, 5.74) is 1.22. The van der Waals surface area contributed by atoms with Gasteiger partial charge in [-0.1, -0.05) is 64.2 Å². The summed E-state index contributed by atoms with van der Waals surface area (Å²) in [6, 6.07) is 5.16. The summed E-state index contributed by atoms with van der Waals surface area (Å²) in [6.45, 7) is 4.08. The van der Waals surface area contributed by atoms with Crippen LogP contribution in [0.15, 0.2) is 29.8 Å². The van der Waals surface area contributed by atoms with Gasteiger partial charge in [0.05, 0.1) is 18.2 Å². The van der Waals surface area contributed by atoms with Crippen LogP contribution in [0, 0.1) is 17.8 Å². The molecule has 2 fully saturated rings. The molecule has 0 radical (unpaired) electrons. The monoisotopic (exact) mass is 568 g/mol. The van der Waals surface area contributed by atoms with E-state index in [-0.39, 0.29) is 36.9 Å². The molecule has 10 heteroatoms. The molecule has 4 rings (SSSR count). The van der Waals surface area contributed by atoms with E-state index < -0.39 is 29.9 Å². The summed E-state index contributed by atoms with van der Waals surface area (Å²) in [7, 11) is 0. The van der Waals surface area contributed by atoms with Gasteiger partial charge in [0, 0.05) is 18.0 Å².